The minimum Gasteiger partial charge on any atom is -0.330 e. The van der Waals surface area contributed by atoms with Crippen molar-refractivity contribution >= 4 is 55.1 Å². The smallest absolute Gasteiger partial charge is 0.182 e. The third kappa shape index (κ3) is 1.96. The SMILES string of the molecule is S=c1[nH]c2ccc(Br)cc2n1-c1ccccc1Br. The molecule has 1 N–H and O–H groups in total. The van der Waals surface area contributed by atoms with Gasteiger partial charge in [0.1, 0.15) is 0 Å². The maximum Gasteiger partial charge on any atom is 0.182 e. The molecule has 0 aliphatic heterocycles. The molecule has 0 spiro atoms. The standard InChI is InChI=1S/C13H8Br2N2S/c14-8-5-6-10-12(7-8)17(13(18)16-10)11-4-2-1-3-9(11)15/h1-7H,(H,16,18). The lowest BCUT2D eigenvalue weighted by Crippen LogP contribution is -1.94. The summed E-state index contributed by atoms with van der Waals surface area (Å²) in [6, 6.07) is 14.1. The molecule has 2 aromatic carbocycles. The van der Waals surface area contributed by atoms with Crippen LogP contribution in [0.15, 0.2) is 51.4 Å². The van der Waals surface area contributed by atoms with Crippen LogP contribution in [0.5, 0.6) is 0 Å². The van der Waals surface area contributed by atoms with E-state index in [1.165, 1.54) is 0 Å². The van der Waals surface area contributed by atoms with E-state index in [9.17, 15) is 0 Å². The zero-order valence-corrected chi connectivity index (χ0v) is 13.1. The minimum absolute atomic E-state index is 0.690. The predicted molar refractivity (Wildman–Crippen MR) is 83.9 cm³/mol. The molecule has 2 nitrogen and oxygen atoms in total. The number of halogens is 2. The average Bonchev–Trinajstić information content (AvgIpc) is 2.66. The first-order chi connectivity index (χ1) is 8.66. The normalized spacial score (nSPS) is 11.0. The van der Waals surface area contributed by atoms with E-state index >= 15 is 0 Å². The van der Waals surface area contributed by atoms with E-state index in [1.54, 1.807) is 0 Å². The van der Waals surface area contributed by atoms with Crippen LogP contribution in [0.3, 0.4) is 0 Å². The molecule has 0 unspecified atom stereocenters. The Kier molecular flexibility index (Phi) is 3.13. The van der Waals surface area contributed by atoms with Gasteiger partial charge in [0, 0.05) is 8.95 Å². The molecule has 0 atom stereocenters. The van der Waals surface area contributed by atoms with Crippen LogP contribution >= 0.6 is 44.1 Å². The van der Waals surface area contributed by atoms with E-state index in [2.05, 4.69) is 42.9 Å². The summed E-state index contributed by atoms with van der Waals surface area (Å²) in [6.07, 6.45) is 0. The van der Waals surface area contributed by atoms with Crippen molar-refractivity contribution in [2.45, 2.75) is 0 Å². The van der Waals surface area contributed by atoms with Crippen molar-refractivity contribution < 1.29 is 0 Å². The van der Waals surface area contributed by atoms with Gasteiger partial charge in [-0.05, 0) is 58.5 Å². The number of hydrogen-bond acceptors (Lipinski definition) is 1. The highest BCUT2D eigenvalue weighted by Gasteiger charge is 2.09. The number of rotatable bonds is 1. The van der Waals surface area contributed by atoms with Gasteiger partial charge in [-0.15, -0.1) is 0 Å². The molecule has 0 bridgehead atoms. The topological polar surface area (TPSA) is 20.7 Å². The van der Waals surface area contributed by atoms with E-state index in [1.807, 2.05) is 41.0 Å². The molecule has 3 rings (SSSR count). The van der Waals surface area contributed by atoms with Gasteiger partial charge in [0.05, 0.1) is 16.7 Å². The molecular weight excluding hydrogens is 376 g/mol. The van der Waals surface area contributed by atoms with Gasteiger partial charge < -0.3 is 4.98 Å². The van der Waals surface area contributed by atoms with Gasteiger partial charge in [-0.3, -0.25) is 4.57 Å². The van der Waals surface area contributed by atoms with Gasteiger partial charge in [0.2, 0.25) is 0 Å². The Bertz CT molecular complexity index is 789. The first-order valence-electron chi connectivity index (χ1n) is 5.32. The van der Waals surface area contributed by atoms with Gasteiger partial charge in [-0.25, -0.2) is 0 Å². The van der Waals surface area contributed by atoms with Crippen molar-refractivity contribution in [3.8, 4) is 5.69 Å². The molecule has 0 aliphatic carbocycles. The monoisotopic (exact) mass is 382 g/mol. The minimum atomic E-state index is 0.690. The molecule has 90 valence electrons. The maximum atomic E-state index is 5.41. The summed E-state index contributed by atoms with van der Waals surface area (Å²) in [4.78, 5) is 3.22. The van der Waals surface area contributed by atoms with Crippen LogP contribution in [-0.4, -0.2) is 9.55 Å². The fourth-order valence-electron chi connectivity index (χ4n) is 1.95. The average molecular weight is 384 g/mol. The van der Waals surface area contributed by atoms with E-state index in [0.717, 1.165) is 25.7 Å². The number of para-hydroxylation sites is 1. The van der Waals surface area contributed by atoms with Crippen molar-refractivity contribution in [2.24, 2.45) is 0 Å². The lowest BCUT2D eigenvalue weighted by atomic mass is 10.3. The Balaban J connectivity index is 2.42. The zero-order chi connectivity index (χ0) is 12.7. The fraction of sp³-hybridized carbons (Fsp3) is 0. The molecule has 0 radical (unpaired) electrons. The zero-order valence-electron chi connectivity index (χ0n) is 9.15. The lowest BCUT2D eigenvalue weighted by Gasteiger charge is -2.06. The fourth-order valence-corrected chi connectivity index (χ4v) is 3.07. The quantitative estimate of drug-likeness (QED) is 0.571. The van der Waals surface area contributed by atoms with E-state index in [0.29, 0.717) is 4.77 Å². The molecule has 3 aromatic rings. The molecule has 0 amide bonds. The van der Waals surface area contributed by atoms with Gasteiger partial charge in [0.15, 0.2) is 4.77 Å². The number of fused-ring (bicyclic) bond motifs is 1. The Hall–Kier alpha value is -0.910. The van der Waals surface area contributed by atoms with E-state index in [4.69, 9.17) is 12.2 Å². The number of hydrogen-bond donors (Lipinski definition) is 1. The van der Waals surface area contributed by atoms with E-state index < -0.39 is 0 Å². The van der Waals surface area contributed by atoms with Crippen LogP contribution in [0.25, 0.3) is 16.7 Å². The molecule has 18 heavy (non-hydrogen) atoms. The summed E-state index contributed by atoms with van der Waals surface area (Å²) >= 11 is 12.5. The first-order valence-corrected chi connectivity index (χ1v) is 7.31. The highest BCUT2D eigenvalue weighted by atomic mass is 79.9. The summed E-state index contributed by atoms with van der Waals surface area (Å²) in [5.41, 5.74) is 3.12. The van der Waals surface area contributed by atoms with E-state index in [-0.39, 0.29) is 0 Å². The third-order valence-electron chi connectivity index (χ3n) is 2.74. The molecular formula is C13H8Br2N2S. The van der Waals surface area contributed by atoms with Crippen LogP contribution in [0.2, 0.25) is 0 Å². The predicted octanol–water partition coefficient (Wildman–Crippen LogP) is 5.21. The summed E-state index contributed by atoms with van der Waals surface area (Å²) in [7, 11) is 0. The second kappa shape index (κ2) is 4.64. The molecule has 0 saturated carbocycles. The number of H-pyrrole nitrogens is 1. The van der Waals surface area contributed by atoms with Crippen molar-refractivity contribution in [1.82, 2.24) is 9.55 Å². The Morgan fingerprint density at radius 2 is 1.83 bits per heavy atom. The summed E-state index contributed by atoms with van der Waals surface area (Å²) in [6.45, 7) is 0. The maximum absolute atomic E-state index is 5.41. The van der Waals surface area contributed by atoms with Gasteiger partial charge in [0.25, 0.3) is 0 Å². The Labute approximate surface area is 126 Å². The van der Waals surface area contributed by atoms with Crippen LogP contribution in [-0.2, 0) is 0 Å². The van der Waals surface area contributed by atoms with Crippen molar-refractivity contribution in [1.29, 1.82) is 0 Å². The van der Waals surface area contributed by atoms with Crippen molar-refractivity contribution in [2.75, 3.05) is 0 Å². The van der Waals surface area contributed by atoms with Crippen LogP contribution in [0.1, 0.15) is 0 Å². The highest BCUT2D eigenvalue weighted by Crippen LogP contribution is 2.27. The van der Waals surface area contributed by atoms with Crippen LogP contribution in [0.4, 0.5) is 0 Å². The second-order valence-corrected chi connectivity index (χ2v) is 6.04. The summed E-state index contributed by atoms with van der Waals surface area (Å²) in [5.74, 6) is 0. The number of nitrogens with one attached hydrogen (secondary N) is 1. The molecule has 0 saturated heterocycles. The highest BCUT2D eigenvalue weighted by molar-refractivity contribution is 9.10. The third-order valence-corrected chi connectivity index (χ3v) is 4.19. The molecule has 1 aromatic heterocycles. The van der Waals surface area contributed by atoms with Crippen molar-refractivity contribution in [3.63, 3.8) is 0 Å². The second-order valence-electron chi connectivity index (χ2n) is 3.88. The first kappa shape index (κ1) is 12.1. The lowest BCUT2D eigenvalue weighted by molar-refractivity contribution is 1.06. The molecule has 1 heterocycles. The number of aromatic nitrogens is 2. The van der Waals surface area contributed by atoms with Crippen LogP contribution < -0.4 is 0 Å². The molecule has 5 heteroatoms. The molecule has 0 aliphatic rings. The van der Waals surface area contributed by atoms with Gasteiger partial charge in [-0.1, -0.05) is 28.1 Å². The number of imidazole rings is 1. The Morgan fingerprint density at radius 3 is 2.61 bits per heavy atom. The molecule has 0 fully saturated rings. The van der Waals surface area contributed by atoms with Gasteiger partial charge >= 0.3 is 0 Å². The Morgan fingerprint density at radius 1 is 1.06 bits per heavy atom. The summed E-state index contributed by atoms with van der Waals surface area (Å²) in [5, 5.41) is 0. The van der Waals surface area contributed by atoms with Gasteiger partial charge in [-0.2, -0.15) is 0 Å². The number of aromatic amines is 1. The van der Waals surface area contributed by atoms with Crippen LogP contribution in [0, 0.1) is 4.77 Å². The van der Waals surface area contributed by atoms with Crippen molar-refractivity contribution in [3.05, 3.63) is 56.2 Å². The summed E-state index contributed by atoms with van der Waals surface area (Å²) < 4.78 is 4.77. The number of nitrogens with zero attached hydrogens (tertiary/aromatic N) is 1. The number of benzene rings is 2. The largest absolute Gasteiger partial charge is 0.330 e.